The van der Waals surface area contributed by atoms with E-state index in [0.29, 0.717) is 29.6 Å². The molecule has 1 heterocycles. The number of aromatic hydroxyl groups is 1. The number of hydrogen-bond acceptors (Lipinski definition) is 10. The number of ether oxygens (including phenoxy) is 5. The standard InChI is InChI=1S/C27H38O10/c1-14(8-16-6-7-18(29)19(10-16)33-3)15(2)9-17-11-20(34-4)26(21(12-17)35-5)37-27-25(32)24(31)23(30)22(13-28)36-27/h6-7,10-12,14-15,22-25,27-32H,8-9,13H2,1-5H3/t14-,15+,22+,23+,24-,25+,27-/m0/s1. The zero-order valence-corrected chi connectivity index (χ0v) is 21.8. The van der Waals surface area contributed by atoms with Crippen LogP contribution in [0.25, 0.3) is 0 Å². The van der Waals surface area contributed by atoms with Gasteiger partial charge in [0.15, 0.2) is 23.0 Å². The van der Waals surface area contributed by atoms with E-state index in [1.165, 1.54) is 21.3 Å². The summed E-state index contributed by atoms with van der Waals surface area (Å²) in [6.45, 7) is 3.75. The molecule has 0 aromatic heterocycles. The van der Waals surface area contributed by atoms with Crippen LogP contribution in [0.5, 0.6) is 28.7 Å². The van der Waals surface area contributed by atoms with E-state index in [4.69, 9.17) is 23.7 Å². The van der Waals surface area contributed by atoms with Gasteiger partial charge in [-0.3, -0.25) is 0 Å². The van der Waals surface area contributed by atoms with Crippen LogP contribution in [-0.4, -0.2) is 84.2 Å². The molecule has 37 heavy (non-hydrogen) atoms. The Kier molecular flexibility index (Phi) is 9.86. The van der Waals surface area contributed by atoms with E-state index in [1.54, 1.807) is 6.07 Å². The van der Waals surface area contributed by atoms with Gasteiger partial charge in [-0.15, -0.1) is 0 Å². The minimum atomic E-state index is -1.57. The van der Waals surface area contributed by atoms with Crippen molar-refractivity contribution in [3.05, 3.63) is 41.5 Å². The van der Waals surface area contributed by atoms with Crippen molar-refractivity contribution in [3.8, 4) is 28.7 Å². The van der Waals surface area contributed by atoms with Crippen LogP contribution in [0.2, 0.25) is 0 Å². The van der Waals surface area contributed by atoms with E-state index >= 15 is 0 Å². The first-order valence-corrected chi connectivity index (χ1v) is 12.2. The summed E-state index contributed by atoms with van der Waals surface area (Å²) in [5.41, 5.74) is 2.00. The highest BCUT2D eigenvalue weighted by Gasteiger charge is 2.45. The second-order valence-corrected chi connectivity index (χ2v) is 9.51. The van der Waals surface area contributed by atoms with Crippen LogP contribution in [0.3, 0.4) is 0 Å². The average molecular weight is 523 g/mol. The molecule has 206 valence electrons. The molecule has 1 fully saturated rings. The largest absolute Gasteiger partial charge is 0.504 e. The molecule has 0 aliphatic carbocycles. The van der Waals surface area contributed by atoms with Gasteiger partial charge in [0.1, 0.15) is 24.4 Å². The molecule has 7 atom stereocenters. The minimum absolute atomic E-state index is 0.108. The summed E-state index contributed by atoms with van der Waals surface area (Å²) in [5.74, 6) is 1.97. The summed E-state index contributed by atoms with van der Waals surface area (Å²) in [5, 5.41) is 49.8. The first-order valence-electron chi connectivity index (χ1n) is 12.2. The summed E-state index contributed by atoms with van der Waals surface area (Å²) in [4.78, 5) is 0. The summed E-state index contributed by atoms with van der Waals surface area (Å²) in [6.07, 6.45) is -5.58. The fourth-order valence-electron chi connectivity index (χ4n) is 4.44. The van der Waals surface area contributed by atoms with Gasteiger partial charge in [-0.1, -0.05) is 19.9 Å². The SMILES string of the molecule is COc1cc(C[C@H](C)[C@H](C)Cc2cc(OC)c(O[C@@H]3O[C@H](CO)[C@@H](O)[C@H](O)[C@H]3O)c(OC)c2)ccc1O. The molecule has 10 heteroatoms. The maximum atomic E-state index is 10.4. The van der Waals surface area contributed by atoms with Crippen LogP contribution in [0, 0.1) is 11.8 Å². The lowest BCUT2D eigenvalue weighted by atomic mass is 9.85. The molecule has 1 aliphatic rings. The maximum Gasteiger partial charge on any atom is 0.229 e. The van der Waals surface area contributed by atoms with E-state index in [1.807, 2.05) is 24.3 Å². The van der Waals surface area contributed by atoms with Crippen LogP contribution >= 0.6 is 0 Å². The minimum Gasteiger partial charge on any atom is -0.504 e. The van der Waals surface area contributed by atoms with Crippen LogP contribution in [0.4, 0.5) is 0 Å². The number of benzene rings is 2. The molecule has 3 rings (SSSR count). The Morgan fingerprint density at radius 2 is 1.32 bits per heavy atom. The van der Waals surface area contributed by atoms with Gasteiger partial charge in [-0.2, -0.15) is 0 Å². The smallest absolute Gasteiger partial charge is 0.229 e. The molecule has 1 saturated heterocycles. The molecule has 10 nitrogen and oxygen atoms in total. The van der Waals surface area contributed by atoms with Gasteiger partial charge < -0.3 is 49.2 Å². The highest BCUT2D eigenvalue weighted by molar-refractivity contribution is 5.54. The fourth-order valence-corrected chi connectivity index (χ4v) is 4.44. The number of aliphatic hydroxyl groups excluding tert-OH is 4. The zero-order valence-electron chi connectivity index (χ0n) is 21.8. The molecule has 0 radical (unpaired) electrons. The second kappa shape index (κ2) is 12.7. The number of phenols is 1. The Balaban J connectivity index is 1.76. The van der Waals surface area contributed by atoms with Crippen LogP contribution in [0.1, 0.15) is 25.0 Å². The highest BCUT2D eigenvalue weighted by atomic mass is 16.7. The van der Waals surface area contributed by atoms with E-state index in [9.17, 15) is 25.5 Å². The number of phenolic OH excluding ortho intramolecular Hbond substituents is 1. The summed E-state index contributed by atoms with van der Waals surface area (Å²) in [7, 11) is 4.47. The molecule has 5 N–H and O–H groups in total. The third-order valence-electron chi connectivity index (χ3n) is 6.93. The normalized spacial score (nSPS) is 25.3. The molecular formula is C27H38O10. The van der Waals surface area contributed by atoms with Crippen molar-refractivity contribution in [1.29, 1.82) is 0 Å². The molecule has 0 saturated carbocycles. The lowest BCUT2D eigenvalue weighted by molar-refractivity contribution is -0.277. The second-order valence-electron chi connectivity index (χ2n) is 9.51. The first kappa shape index (κ1) is 28.8. The number of hydrogen-bond donors (Lipinski definition) is 5. The quantitative estimate of drug-likeness (QED) is 0.295. The van der Waals surface area contributed by atoms with Crippen molar-refractivity contribution in [2.45, 2.75) is 57.4 Å². The predicted molar refractivity (Wildman–Crippen MR) is 134 cm³/mol. The zero-order chi connectivity index (χ0) is 27.3. The Labute approximate surface area is 216 Å². The van der Waals surface area contributed by atoms with E-state index in [-0.39, 0.29) is 17.4 Å². The van der Waals surface area contributed by atoms with Crippen molar-refractivity contribution in [3.63, 3.8) is 0 Å². The molecular weight excluding hydrogens is 484 g/mol. The van der Waals surface area contributed by atoms with Gasteiger partial charge in [0, 0.05) is 0 Å². The van der Waals surface area contributed by atoms with Crippen molar-refractivity contribution in [1.82, 2.24) is 0 Å². The molecule has 0 bridgehead atoms. The highest BCUT2D eigenvalue weighted by Crippen LogP contribution is 2.41. The van der Waals surface area contributed by atoms with Gasteiger partial charge in [0.2, 0.25) is 12.0 Å². The van der Waals surface area contributed by atoms with E-state index in [2.05, 4.69) is 13.8 Å². The van der Waals surface area contributed by atoms with Crippen LogP contribution in [-0.2, 0) is 17.6 Å². The van der Waals surface area contributed by atoms with E-state index < -0.39 is 37.3 Å². The molecule has 1 aliphatic heterocycles. The van der Waals surface area contributed by atoms with Gasteiger partial charge in [-0.05, 0) is 60.1 Å². The van der Waals surface area contributed by atoms with Crippen molar-refractivity contribution < 1.29 is 49.2 Å². The van der Waals surface area contributed by atoms with Crippen LogP contribution in [0.15, 0.2) is 30.3 Å². The van der Waals surface area contributed by atoms with Crippen molar-refractivity contribution in [2.24, 2.45) is 11.8 Å². The van der Waals surface area contributed by atoms with Gasteiger partial charge in [0.25, 0.3) is 0 Å². The van der Waals surface area contributed by atoms with Crippen LogP contribution < -0.4 is 18.9 Å². The summed E-state index contributed by atoms with van der Waals surface area (Å²) in [6, 6.07) is 8.99. The average Bonchev–Trinajstić information content (AvgIpc) is 2.90. The molecule has 0 amide bonds. The number of aliphatic hydroxyl groups is 4. The third-order valence-corrected chi connectivity index (χ3v) is 6.93. The lowest BCUT2D eigenvalue weighted by Crippen LogP contribution is -2.60. The molecule has 2 aromatic carbocycles. The Hall–Kier alpha value is -2.76. The fraction of sp³-hybridized carbons (Fsp3) is 0.556. The van der Waals surface area contributed by atoms with Gasteiger partial charge in [0.05, 0.1) is 27.9 Å². The number of methoxy groups -OCH3 is 3. The predicted octanol–water partition coefficient (Wildman–Crippen LogP) is 1.65. The molecule has 2 aromatic rings. The summed E-state index contributed by atoms with van der Waals surface area (Å²) < 4.78 is 27.6. The molecule has 0 unspecified atom stereocenters. The number of rotatable bonds is 11. The third kappa shape index (κ3) is 6.58. The van der Waals surface area contributed by atoms with Gasteiger partial charge in [-0.25, -0.2) is 0 Å². The Morgan fingerprint density at radius 1 is 0.784 bits per heavy atom. The maximum absolute atomic E-state index is 10.4. The Bertz CT molecular complexity index is 1000. The van der Waals surface area contributed by atoms with Crippen molar-refractivity contribution >= 4 is 0 Å². The monoisotopic (exact) mass is 522 g/mol. The lowest BCUT2D eigenvalue weighted by Gasteiger charge is -2.39. The van der Waals surface area contributed by atoms with E-state index in [0.717, 1.165) is 17.5 Å². The first-order chi connectivity index (χ1) is 17.6. The summed E-state index contributed by atoms with van der Waals surface area (Å²) >= 11 is 0. The topological polar surface area (TPSA) is 147 Å². The van der Waals surface area contributed by atoms with Gasteiger partial charge >= 0.3 is 0 Å². The van der Waals surface area contributed by atoms with Crippen molar-refractivity contribution in [2.75, 3.05) is 27.9 Å². The molecule has 0 spiro atoms. The Morgan fingerprint density at radius 3 is 1.86 bits per heavy atom.